The van der Waals surface area contributed by atoms with Gasteiger partial charge in [-0.05, 0) is 41.8 Å². The first kappa shape index (κ1) is 29.9. The number of amides is 2. The quantitative estimate of drug-likeness (QED) is 0.386. The first-order valence-corrected chi connectivity index (χ1v) is 11.2. The van der Waals surface area contributed by atoms with Crippen LogP contribution in [0.25, 0.3) is 0 Å². The Labute approximate surface area is 215 Å². The molecule has 0 saturated carbocycles. The normalized spacial score (nSPS) is 19.9. The first-order valence-electron chi connectivity index (χ1n) is 11.2. The molecule has 1 heterocycles. The van der Waals surface area contributed by atoms with Crippen LogP contribution in [0.4, 0.5) is 54.8 Å². The number of benzene rings is 2. The molecule has 2 amide bonds. The van der Waals surface area contributed by atoms with Gasteiger partial charge in [-0.1, -0.05) is 25.1 Å². The van der Waals surface area contributed by atoms with E-state index in [9.17, 15) is 54.2 Å². The second-order valence-corrected chi connectivity index (χ2v) is 8.71. The van der Waals surface area contributed by atoms with Gasteiger partial charge in [-0.15, -0.1) is 0 Å². The highest BCUT2D eigenvalue weighted by molar-refractivity contribution is 5.89. The highest BCUT2D eigenvalue weighted by atomic mass is 19.4. The van der Waals surface area contributed by atoms with E-state index in [1.165, 1.54) is 25.1 Å². The van der Waals surface area contributed by atoms with Gasteiger partial charge in [0.2, 0.25) is 0 Å². The number of hydrogen-bond donors (Lipinski definition) is 1. The summed E-state index contributed by atoms with van der Waals surface area (Å²) >= 11 is 0. The van der Waals surface area contributed by atoms with Gasteiger partial charge in [0.1, 0.15) is 5.92 Å². The number of carbonyl (C=O) groups excluding carboxylic acids is 1. The monoisotopic (exact) mass is 572 g/mol. The van der Waals surface area contributed by atoms with Crippen molar-refractivity contribution in [2.24, 2.45) is 5.92 Å². The van der Waals surface area contributed by atoms with Crippen molar-refractivity contribution in [1.29, 1.82) is 0 Å². The zero-order chi connectivity index (χ0) is 29.5. The van der Waals surface area contributed by atoms with Crippen molar-refractivity contribution in [3.05, 3.63) is 64.7 Å². The van der Waals surface area contributed by atoms with Crippen molar-refractivity contribution in [2.75, 3.05) is 12.0 Å². The van der Waals surface area contributed by atoms with E-state index in [-0.39, 0.29) is 17.3 Å². The van der Waals surface area contributed by atoms with E-state index in [2.05, 4.69) is 4.74 Å². The largest absolute Gasteiger partial charge is 0.465 e. The van der Waals surface area contributed by atoms with Crippen molar-refractivity contribution < 1.29 is 58.9 Å². The lowest BCUT2D eigenvalue weighted by Gasteiger charge is -2.48. The van der Waals surface area contributed by atoms with E-state index < -0.39 is 78.4 Å². The molecule has 0 radical (unpaired) electrons. The van der Waals surface area contributed by atoms with Crippen molar-refractivity contribution in [3.8, 4) is 0 Å². The lowest BCUT2D eigenvalue weighted by atomic mass is 9.78. The molecule has 214 valence electrons. The van der Waals surface area contributed by atoms with Crippen LogP contribution in [0, 0.1) is 5.92 Å². The maximum absolute atomic E-state index is 14.6. The number of halogens is 9. The Morgan fingerprint density at radius 1 is 0.949 bits per heavy atom. The van der Waals surface area contributed by atoms with Crippen LogP contribution in [0.3, 0.4) is 0 Å². The van der Waals surface area contributed by atoms with Crippen LogP contribution in [0.15, 0.2) is 42.5 Å². The standard InChI is InChI=1S/C24H21F9N2O4/c1-3-16-18(24(31,32)33)19(15-6-4-5-7-17(15)35(16)20(36)37)34(21(38)39-2)11-12-8-13(22(25,26)27)10-14(9-12)23(28,29)30/h4-10,16,18-19H,3,11H2,1-2H3,(H,36,37)/t16-,18?,19-/m1/s1. The highest BCUT2D eigenvalue weighted by Gasteiger charge is 2.58. The third-order valence-corrected chi connectivity index (χ3v) is 6.35. The number of methoxy groups -OCH3 is 1. The molecule has 0 bridgehead atoms. The summed E-state index contributed by atoms with van der Waals surface area (Å²) in [6.45, 7) is 0.129. The Kier molecular flexibility index (Phi) is 8.04. The molecule has 0 aliphatic carbocycles. The van der Waals surface area contributed by atoms with Crippen molar-refractivity contribution in [3.63, 3.8) is 0 Å². The molecule has 1 aliphatic rings. The summed E-state index contributed by atoms with van der Waals surface area (Å²) < 4.78 is 129. The highest BCUT2D eigenvalue weighted by Crippen LogP contribution is 2.51. The molecule has 2 aromatic rings. The summed E-state index contributed by atoms with van der Waals surface area (Å²) in [6.07, 6.45) is -19.2. The number of alkyl halides is 9. The molecule has 2 aromatic carbocycles. The van der Waals surface area contributed by atoms with Gasteiger partial charge in [0.05, 0.1) is 36.0 Å². The third kappa shape index (κ3) is 6.01. The molecular weight excluding hydrogens is 551 g/mol. The summed E-state index contributed by atoms with van der Waals surface area (Å²) in [4.78, 5) is 25.7. The average Bonchev–Trinajstić information content (AvgIpc) is 2.83. The second-order valence-electron chi connectivity index (χ2n) is 8.71. The topological polar surface area (TPSA) is 70.1 Å². The molecule has 0 saturated heterocycles. The molecule has 0 aromatic heterocycles. The van der Waals surface area contributed by atoms with Crippen LogP contribution in [0.2, 0.25) is 0 Å². The van der Waals surface area contributed by atoms with E-state index in [0.717, 1.165) is 13.2 Å². The summed E-state index contributed by atoms with van der Waals surface area (Å²) in [6, 6.07) is 1.46. The van der Waals surface area contributed by atoms with E-state index in [1.807, 2.05) is 0 Å². The molecule has 6 nitrogen and oxygen atoms in total. The van der Waals surface area contributed by atoms with Gasteiger partial charge in [0.25, 0.3) is 0 Å². The van der Waals surface area contributed by atoms with Gasteiger partial charge in [0.15, 0.2) is 0 Å². The van der Waals surface area contributed by atoms with Crippen LogP contribution in [-0.4, -0.2) is 41.5 Å². The maximum atomic E-state index is 14.6. The minimum absolute atomic E-state index is 0.155. The molecule has 15 heteroatoms. The molecule has 0 spiro atoms. The molecule has 0 fully saturated rings. The Morgan fingerprint density at radius 2 is 1.49 bits per heavy atom. The van der Waals surface area contributed by atoms with E-state index in [1.54, 1.807) is 0 Å². The van der Waals surface area contributed by atoms with Crippen molar-refractivity contribution >= 4 is 17.9 Å². The van der Waals surface area contributed by atoms with Crippen molar-refractivity contribution in [1.82, 2.24) is 4.90 Å². The average molecular weight is 572 g/mol. The van der Waals surface area contributed by atoms with Gasteiger partial charge < -0.3 is 9.84 Å². The Balaban J connectivity index is 2.29. The number of hydrogen-bond acceptors (Lipinski definition) is 3. The van der Waals surface area contributed by atoms with Crippen LogP contribution in [0.1, 0.15) is 41.6 Å². The molecule has 39 heavy (non-hydrogen) atoms. The predicted octanol–water partition coefficient (Wildman–Crippen LogP) is 7.49. The van der Waals surface area contributed by atoms with Crippen LogP contribution in [-0.2, 0) is 23.6 Å². The summed E-state index contributed by atoms with van der Waals surface area (Å²) in [5, 5.41) is 9.74. The zero-order valence-corrected chi connectivity index (χ0v) is 20.2. The van der Waals surface area contributed by atoms with Gasteiger partial charge in [-0.2, -0.15) is 39.5 Å². The molecule has 3 atom stereocenters. The molecule has 3 rings (SSSR count). The van der Waals surface area contributed by atoms with Crippen LogP contribution >= 0.6 is 0 Å². The second kappa shape index (κ2) is 10.5. The SMILES string of the molecule is CC[C@@H]1C(C(F)(F)F)[C@H](N(Cc2cc(C(F)(F)F)cc(C(F)(F)F)c2)C(=O)OC)c2ccccc2N1C(=O)O. The van der Waals surface area contributed by atoms with Gasteiger partial charge in [-0.3, -0.25) is 9.80 Å². The number of carboxylic acid groups (broad SMARTS) is 1. The first-order chi connectivity index (χ1) is 17.9. The van der Waals surface area contributed by atoms with E-state index in [4.69, 9.17) is 0 Å². The summed E-state index contributed by atoms with van der Waals surface area (Å²) in [5.74, 6) is -2.61. The van der Waals surface area contributed by atoms with Gasteiger partial charge in [0, 0.05) is 6.54 Å². The molecule has 1 unspecified atom stereocenters. The summed E-state index contributed by atoms with van der Waals surface area (Å²) in [7, 11) is 0.779. The van der Waals surface area contributed by atoms with Crippen LogP contribution in [0.5, 0.6) is 0 Å². The maximum Gasteiger partial charge on any atom is 0.416 e. The number of para-hydroxylation sites is 1. The number of rotatable bonds is 4. The molecule has 1 aliphatic heterocycles. The smallest absolute Gasteiger partial charge is 0.416 e. The Hall–Kier alpha value is -3.65. The van der Waals surface area contributed by atoms with Crippen molar-refractivity contribution in [2.45, 2.75) is 50.5 Å². The van der Waals surface area contributed by atoms with Crippen LogP contribution < -0.4 is 4.90 Å². The Morgan fingerprint density at radius 3 is 1.92 bits per heavy atom. The lowest BCUT2D eigenvalue weighted by molar-refractivity contribution is -0.199. The van der Waals surface area contributed by atoms with E-state index in [0.29, 0.717) is 21.9 Å². The summed E-state index contributed by atoms with van der Waals surface area (Å²) in [5.41, 5.74) is -4.78. The third-order valence-electron chi connectivity index (χ3n) is 6.35. The Bertz CT molecular complexity index is 1200. The fraction of sp³-hybridized carbons (Fsp3) is 0.417. The minimum atomic E-state index is -5.24. The molecular formula is C24H21F9N2O4. The molecule has 1 N–H and O–H groups in total. The van der Waals surface area contributed by atoms with E-state index >= 15 is 0 Å². The number of nitrogens with zero attached hydrogens (tertiary/aromatic N) is 2. The zero-order valence-electron chi connectivity index (χ0n) is 20.2. The predicted molar refractivity (Wildman–Crippen MR) is 118 cm³/mol. The number of carbonyl (C=O) groups is 2. The number of ether oxygens (including phenoxy) is 1. The minimum Gasteiger partial charge on any atom is -0.465 e. The van der Waals surface area contributed by atoms with Gasteiger partial charge >= 0.3 is 30.7 Å². The number of anilines is 1. The number of fused-ring (bicyclic) bond motifs is 1. The van der Waals surface area contributed by atoms with Gasteiger partial charge in [-0.25, -0.2) is 9.59 Å². The fourth-order valence-electron chi connectivity index (χ4n) is 4.84. The fourth-order valence-corrected chi connectivity index (χ4v) is 4.84. The lowest BCUT2D eigenvalue weighted by Crippen LogP contribution is -2.58.